The average Bonchev–Trinajstić information content (AvgIpc) is 2.79. The van der Waals surface area contributed by atoms with E-state index in [4.69, 9.17) is 0 Å². The van der Waals surface area contributed by atoms with Gasteiger partial charge in [-0.1, -0.05) is 22.0 Å². The molecule has 0 aliphatic carbocycles. The molecular formula is C11H10BrN3OS. The number of alkyl halides is 1. The van der Waals surface area contributed by atoms with Gasteiger partial charge in [0, 0.05) is 23.3 Å². The van der Waals surface area contributed by atoms with Crippen LogP contribution in [0.2, 0.25) is 0 Å². The molecule has 2 aromatic heterocycles. The lowest BCUT2D eigenvalue weighted by Gasteiger charge is -1.98. The molecule has 6 heteroatoms. The summed E-state index contributed by atoms with van der Waals surface area (Å²) in [5.74, 6) is -0.0382. The minimum absolute atomic E-state index is 0.0382. The van der Waals surface area contributed by atoms with Crippen LogP contribution in [0.3, 0.4) is 0 Å². The molecule has 88 valence electrons. The van der Waals surface area contributed by atoms with Crippen LogP contribution in [-0.4, -0.2) is 21.2 Å². The highest BCUT2D eigenvalue weighted by atomic mass is 79.9. The summed E-state index contributed by atoms with van der Waals surface area (Å²) in [6.07, 6.45) is 2.16. The third kappa shape index (κ3) is 3.34. The Labute approximate surface area is 111 Å². The van der Waals surface area contributed by atoms with Crippen molar-refractivity contribution in [3.05, 3.63) is 29.8 Å². The number of carbonyl (C=O) groups excluding carboxylic acids is 1. The van der Waals surface area contributed by atoms with Crippen molar-refractivity contribution in [1.29, 1.82) is 0 Å². The van der Waals surface area contributed by atoms with Gasteiger partial charge in [-0.3, -0.25) is 9.78 Å². The minimum Gasteiger partial charge on any atom is -0.302 e. The highest BCUT2D eigenvalue weighted by molar-refractivity contribution is 9.09. The van der Waals surface area contributed by atoms with Gasteiger partial charge in [0.05, 0.1) is 5.69 Å². The Kier molecular flexibility index (Phi) is 4.22. The van der Waals surface area contributed by atoms with Gasteiger partial charge in [-0.2, -0.15) is 0 Å². The maximum absolute atomic E-state index is 11.4. The summed E-state index contributed by atoms with van der Waals surface area (Å²) in [6.45, 7) is 0. The second kappa shape index (κ2) is 5.88. The third-order valence-electron chi connectivity index (χ3n) is 2.00. The average molecular weight is 312 g/mol. The molecule has 0 aliphatic heterocycles. The number of halogens is 1. The second-order valence-electron chi connectivity index (χ2n) is 3.24. The first-order valence-corrected chi connectivity index (χ1v) is 7.02. The van der Waals surface area contributed by atoms with Crippen molar-refractivity contribution in [3.63, 3.8) is 0 Å². The summed E-state index contributed by atoms with van der Waals surface area (Å²) in [5, 5.41) is 5.88. The van der Waals surface area contributed by atoms with E-state index in [1.54, 1.807) is 6.20 Å². The molecule has 0 aromatic carbocycles. The number of nitrogens with zero attached hydrogens (tertiary/aromatic N) is 2. The molecule has 2 aromatic rings. The van der Waals surface area contributed by atoms with Crippen molar-refractivity contribution >= 4 is 38.3 Å². The van der Waals surface area contributed by atoms with Gasteiger partial charge in [-0.25, -0.2) is 4.98 Å². The number of anilines is 1. The van der Waals surface area contributed by atoms with Crippen molar-refractivity contribution in [2.75, 3.05) is 10.6 Å². The summed E-state index contributed by atoms with van der Waals surface area (Å²) in [4.78, 5) is 19.9. The first-order valence-electron chi connectivity index (χ1n) is 5.02. The van der Waals surface area contributed by atoms with Crippen LogP contribution in [0.5, 0.6) is 0 Å². The molecule has 2 heterocycles. The fourth-order valence-corrected chi connectivity index (χ4v) is 2.31. The zero-order valence-corrected chi connectivity index (χ0v) is 11.3. The Morgan fingerprint density at radius 3 is 3.00 bits per heavy atom. The van der Waals surface area contributed by atoms with Gasteiger partial charge in [0.1, 0.15) is 5.69 Å². The molecule has 0 spiro atoms. The molecule has 0 atom stereocenters. The molecule has 0 bridgehead atoms. The van der Waals surface area contributed by atoms with Crippen LogP contribution in [0.4, 0.5) is 5.13 Å². The lowest BCUT2D eigenvalue weighted by atomic mass is 10.3. The summed E-state index contributed by atoms with van der Waals surface area (Å²) in [7, 11) is 0. The van der Waals surface area contributed by atoms with E-state index in [0.29, 0.717) is 16.9 Å². The summed E-state index contributed by atoms with van der Waals surface area (Å²) in [6, 6.07) is 5.65. The van der Waals surface area contributed by atoms with Crippen LogP contribution in [0.1, 0.15) is 6.42 Å². The van der Waals surface area contributed by atoms with Gasteiger partial charge in [-0.05, 0) is 12.1 Å². The zero-order chi connectivity index (χ0) is 12.1. The molecule has 17 heavy (non-hydrogen) atoms. The third-order valence-corrected chi connectivity index (χ3v) is 3.15. The number of nitrogens with one attached hydrogen (secondary N) is 1. The van der Waals surface area contributed by atoms with Gasteiger partial charge in [0.15, 0.2) is 5.13 Å². The number of pyridine rings is 1. The van der Waals surface area contributed by atoms with E-state index >= 15 is 0 Å². The van der Waals surface area contributed by atoms with Crippen molar-refractivity contribution in [3.8, 4) is 11.4 Å². The van der Waals surface area contributed by atoms with Crippen LogP contribution in [0.25, 0.3) is 11.4 Å². The highest BCUT2D eigenvalue weighted by Crippen LogP contribution is 2.23. The monoisotopic (exact) mass is 311 g/mol. The minimum atomic E-state index is -0.0382. The number of amides is 1. The quantitative estimate of drug-likeness (QED) is 0.883. The van der Waals surface area contributed by atoms with E-state index in [2.05, 4.69) is 31.2 Å². The molecule has 4 nitrogen and oxygen atoms in total. The van der Waals surface area contributed by atoms with Crippen molar-refractivity contribution < 1.29 is 4.79 Å². The number of aromatic nitrogens is 2. The van der Waals surface area contributed by atoms with Crippen LogP contribution in [0, 0.1) is 0 Å². The van der Waals surface area contributed by atoms with Gasteiger partial charge in [0.2, 0.25) is 5.91 Å². The highest BCUT2D eigenvalue weighted by Gasteiger charge is 2.07. The Morgan fingerprint density at radius 2 is 2.29 bits per heavy atom. The van der Waals surface area contributed by atoms with Gasteiger partial charge in [-0.15, -0.1) is 11.3 Å². The van der Waals surface area contributed by atoms with Crippen LogP contribution in [-0.2, 0) is 4.79 Å². The fraction of sp³-hybridized carbons (Fsp3) is 0.182. The lowest BCUT2D eigenvalue weighted by molar-refractivity contribution is -0.115. The molecule has 1 amide bonds. The van der Waals surface area contributed by atoms with Crippen LogP contribution in [0.15, 0.2) is 29.8 Å². The Hall–Kier alpha value is -1.27. The SMILES string of the molecule is O=C(CCBr)Nc1nc(-c2ccccn2)cs1. The largest absolute Gasteiger partial charge is 0.302 e. The van der Waals surface area contributed by atoms with Gasteiger partial charge in [0.25, 0.3) is 0 Å². The first kappa shape index (κ1) is 12.2. The van der Waals surface area contributed by atoms with Crippen molar-refractivity contribution in [2.24, 2.45) is 0 Å². The van der Waals surface area contributed by atoms with Crippen molar-refractivity contribution in [1.82, 2.24) is 9.97 Å². The Bertz CT molecular complexity index is 500. The zero-order valence-electron chi connectivity index (χ0n) is 8.89. The lowest BCUT2D eigenvalue weighted by Crippen LogP contribution is -2.11. The normalized spacial score (nSPS) is 10.2. The van der Waals surface area contributed by atoms with E-state index in [1.807, 2.05) is 23.6 Å². The summed E-state index contributed by atoms with van der Waals surface area (Å²) in [5.41, 5.74) is 1.59. The van der Waals surface area contributed by atoms with Crippen LogP contribution < -0.4 is 5.32 Å². The van der Waals surface area contributed by atoms with Crippen molar-refractivity contribution in [2.45, 2.75) is 6.42 Å². The van der Waals surface area contributed by atoms with E-state index in [9.17, 15) is 4.79 Å². The van der Waals surface area contributed by atoms with Crippen LogP contribution >= 0.6 is 27.3 Å². The molecular weight excluding hydrogens is 302 g/mol. The number of hydrogen-bond acceptors (Lipinski definition) is 4. The molecule has 0 saturated heterocycles. The predicted octanol–water partition coefficient (Wildman–Crippen LogP) is 2.93. The molecule has 0 aliphatic rings. The second-order valence-corrected chi connectivity index (χ2v) is 4.89. The molecule has 1 N–H and O–H groups in total. The Balaban J connectivity index is 2.09. The molecule has 0 unspecified atom stereocenters. The van der Waals surface area contributed by atoms with Gasteiger partial charge < -0.3 is 5.32 Å². The van der Waals surface area contributed by atoms with Gasteiger partial charge >= 0.3 is 0 Å². The Morgan fingerprint density at radius 1 is 1.41 bits per heavy atom. The maximum Gasteiger partial charge on any atom is 0.226 e. The predicted molar refractivity (Wildman–Crippen MR) is 72.4 cm³/mol. The first-order chi connectivity index (χ1) is 8.29. The standard InChI is InChI=1S/C11H10BrN3OS/c12-5-4-10(16)15-11-14-9(7-17-11)8-3-1-2-6-13-8/h1-3,6-7H,4-5H2,(H,14,15,16). The molecule has 0 radical (unpaired) electrons. The molecule has 0 saturated carbocycles. The maximum atomic E-state index is 11.4. The van der Waals surface area contributed by atoms with E-state index < -0.39 is 0 Å². The van der Waals surface area contributed by atoms with E-state index in [0.717, 1.165) is 11.4 Å². The summed E-state index contributed by atoms with van der Waals surface area (Å²) >= 11 is 4.62. The number of thiazole rings is 1. The summed E-state index contributed by atoms with van der Waals surface area (Å²) < 4.78 is 0. The fourth-order valence-electron chi connectivity index (χ4n) is 1.23. The molecule has 2 rings (SSSR count). The number of hydrogen-bond donors (Lipinski definition) is 1. The smallest absolute Gasteiger partial charge is 0.226 e. The topological polar surface area (TPSA) is 54.9 Å². The van der Waals surface area contributed by atoms with E-state index in [-0.39, 0.29) is 5.91 Å². The molecule has 0 fully saturated rings. The van der Waals surface area contributed by atoms with E-state index in [1.165, 1.54) is 11.3 Å². The number of rotatable bonds is 4. The number of carbonyl (C=O) groups is 1.